The van der Waals surface area contributed by atoms with Crippen molar-refractivity contribution >= 4 is 38.6 Å². The molecule has 7 heteroatoms. The highest BCUT2D eigenvalue weighted by Gasteiger charge is 2.33. The lowest BCUT2D eigenvalue weighted by molar-refractivity contribution is 0.0951. The van der Waals surface area contributed by atoms with Gasteiger partial charge in [-0.25, -0.2) is 8.42 Å². The average Bonchev–Trinajstić information content (AvgIpc) is 2.93. The van der Waals surface area contributed by atoms with Gasteiger partial charge >= 0.3 is 0 Å². The molecule has 3 rings (SSSR count). The second-order valence-corrected chi connectivity index (χ2v) is 8.51. The van der Waals surface area contributed by atoms with Crippen molar-refractivity contribution in [3.8, 4) is 0 Å². The van der Waals surface area contributed by atoms with Gasteiger partial charge in [0, 0.05) is 19.2 Å². The molecule has 0 radical (unpaired) electrons. The number of sulfonamides is 1. The fourth-order valence-corrected chi connectivity index (χ4v) is 5.64. The first-order chi connectivity index (χ1) is 10.0. The molecule has 0 aliphatic carbocycles. The van der Waals surface area contributed by atoms with E-state index in [9.17, 15) is 8.42 Å². The van der Waals surface area contributed by atoms with E-state index in [0.717, 1.165) is 16.9 Å². The topological polar surface area (TPSA) is 46.6 Å². The molecule has 0 amide bonds. The first-order valence-corrected chi connectivity index (χ1v) is 9.07. The molecule has 21 heavy (non-hydrogen) atoms. The summed E-state index contributed by atoms with van der Waals surface area (Å²) < 4.78 is 33.2. The van der Waals surface area contributed by atoms with E-state index in [-0.39, 0.29) is 10.3 Å². The Labute approximate surface area is 133 Å². The Morgan fingerprint density at radius 3 is 2.71 bits per heavy atom. The predicted octanol–water partition coefficient (Wildman–Crippen LogP) is 3.69. The van der Waals surface area contributed by atoms with Crippen LogP contribution >= 0.6 is 22.9 Å². The fraction of sp³-hybridized carbons (Fsp3) is 0.286. The zero-order valence-electron chi connectivity index (χ0n) is 11.3. The van der Waals surface area contributed by atoms with Crippen LogP contribution in [0.2, 0.25) is 4.34 Å². The summed E-state index contributed by atoms with van der Waals surface area (Å²) in [6.07, 6.45) is 0.561. The summed E-state index contributed by atoms with van der Waals surface area (Å²) in [5, 5.41) is 0. The zero-order chi connectivity index (χ0) is 15.0. The molecule has 1 unspecified atom stereocenters. The molecule has 2 heterocycles. The van der Waals surface area contributed by atoms with E-state index in [1.807, 2.05) is 24.3 Å². The molecular weight excluding hydrogens is 330 g/mol. The van der Waals surface area contributed by atoms with Gasteiger partial charge in [-0.15, -0.1) is 11.3 Å². The van der Waals surface area contributed by atoms with E-state index < -0.39 is 10.0 Å². The lowest BCUT2D eigenvalue weighted by Gasteiger charge is -2.33. The van der Waals surface area contributed by atoms with E-state index >= 15 is 0 Å². The highest BCUT2D eigenvalue weighted by Crippen LogP contribution is 2.39. The Balaban J connectivity index is 2.08. The smallest absolute Gasteiger partial charge is 0.273 e. The lowest BCUT2D eigenvalue weighted by atomic mass is 10.0. The van der Waals surface area contributed by atoms with Crippen molar-refractivity contribution in [2.24, 2.45) is 0 Å². The van der Waals surface area contributed by atoms with E-state index in [1.165, 1.54) is 4.31 Å². The van der Waals surface area contributed by atoms with Gasteiger partial charge in [0.2, 0.25) is 0 Å². The minimum absolute atomic E-state index is 0.0698. The maximum atomic E-state index is 12.8. The SMILES string of the molecule is COC1CCN(S(=O)(=O)c2ccc(Cl)s2)c2ccccc21. The van der Waals surface area contributed by atoms with Crippen molar-refractivity contribution in [3.05, 3.63) is 46.3 Å². The number of benzene rings is 1. The summed E-state index contributed by atoms with van der Waals surface area (Å²) in [6.45, 7) is 0.396. The molecular formula is C14H14ClNO3S2. The van der Waals surface area contributed by atoms with Gasteiger partial charge in [-0.05, 0) is 24.6 Å². The average molecular weight is 344 g/mol. The number of thiophene rings is 1. The lowest BCUT2D eigenvalue weighted by Crippen LogP contribution is -2.36. The number of fused-ring (bicyclic) bond motifs is 1. The number of halogens is 1. The molecule has 1 aromatic heterocycles. The third-order valence-corrected chi connectivity index (χ3v) is 7.04. The van der Waals surface area contributed by atoms with Gasteiger partial charge < -0.3 is 4.74 Å². The van der Waals surface area contributed by atoms with E-state index in [1.54, 1.807) is 19.2 Å². The summed E-state index contributed by atoms with van der Waals surface area (Å²) >= 11 is 6.94. The van der Waals surface area contributed by atoms with Crippen molar-refractivity contribution in [2.45, 2.75) is 16.7 Å². The Bertz CT molecular complexity index is 757. The Hall–Kier alpha value is -1.08. The third-order valence-electron chi connectivity index (χ3n) is 3.52. The van der Waals surface area contributed by atoms with Crippen LogP contribution in [0.15, 0.2) is 40.6 Å². The van der Waals surface area contributed by atoms with Crippen molar-refractivity contribution in [2.75, 3.05) is 18.0 Å². The van der Waals surface area contributed by atoms with Crippen molar-refractivity contribution in [1.29, 1.82) is 0 Å². The van der Waals surface area contributed by atoms with Crippen molar-refractivity contribution in [1.82, 2.24) is 0 Å². The predicted molar refractivity (Wildman–Crippen MR) is 84.7 cm³/mol. The van der Waals surface area contributed by atoms with Gasteiger partial charge in [-0.3, -0.25) is 4.31 Å². The van der Waals surface area contributed by atoms with Crippen LogP contribution in [0.1, 0.15) is 18.1 Å². The number of methoxy groups -OCH3 is 1. The Morgan fingerprint density at radius 1 is 1.29 bits per heavy atom. The molecule has 0 N–H and O–H groups in total. The summed E-state index contributed by atoms with van der Waals surface area (Å²) in [7, 11) is -1.93. The van der Waals surface area contributed by atoms with Crippen LogP contribution in [0, 0.1) is 0 Å². The summed E-state index contributed by atoms with van der Waals surface area (Å²) in [6, 6.07) is 10.6. The molecule has 4 nitrogen and oxygen atoms in total. The normalized spacial score (nSPS) is 18.6. The van der Waals surface area contributed by atoms with Gasteiger partial charge in [0.25, 0.3) is 10.0 Å². The Morgan fingerprint density at radius 2 is 2.05 bits per heavy atom. The molecule has 2 aromatic rings. The highest BCUT2D eigenvalue weighted by molar-refractivity contribution is 7.94. The van der Waals surface area contributed by atoms with Gasteiger partial charge in [0.1, 0.15) is 4.21 Å². The molecule has 1 aromatic carbocycles. The monoisotopic (exact) mass is 343 g/mol. The third kappa shape index (κ3) is 2.57. The number of rotatable bonds is 3. The zero-order valence-corrected chi connectivity index (χ0v) is 13.7. The first kappa shape index (κ1) is 14.8. The summed E-state index contributed by atoms with van der Waals surface area (Å²) in [5.74, 6) is 0. The first-order valence-electron chi connectivity index (χ1n) is 6.44. The molecule has 0 saturated carbocycles. The van der Waals surface area contributed by atoms with Crippen LogP contribution in [0.4, 0.5) is 5.69 Å². The highest BCUT2D eigenvalue weighted by atomic mass is 35.5. The van der Waals surface area contributed by atoms with E-state index in [0.29, 0.717) is 23.0 Å². The van der Waals surface area contributed by atoms with E-state index in [2.05, 4.69) is 0 Å². The maximum absolute atomic E-state index is 12.8. The van der Waals surface area contributed by atoms with Crippen LogP contribution in [-0.2, 0) is 14.8 Å². The molecule has 1 atom stereocenters. The number of hydrogen-bond acceptors (Lipinski definition) is 4. The van der Waals surface area contributed by atoms with Crippen molar-refractivity contribution in [3.63, 3.8) is 0 Å². The second-order valence-electron chi connectivity index (χ2n) is 4.71. The quantitative estimate of drug-likeness (QED) is 0.853. The molecule has 0 fully saturated rings. The van der Waals surface area contributed by atoms with Gasteiger partial charge in [-0.1, -0.05) is 29.8 Å². The van der Waals surface area contributed by atoms with Gasteiger partial charge in [-0.2, -0.15) is 0 Å². The number of hydrogen-bond donors (Lipinski definition) is 0. The fourth-order valence-electron chi connectivity index (χ4n) is 2.54. The van der Waals surface area contributed by atoms with Crippen molar-refractivity contribution < 1.29 is 13.2 Å². The molecule has 1 aliphatic heterocycles. The van der Waals surface area contributed by atoms with E-state index in [4.69, 9.17) is 16.3 Å². The number of ether oxygens (including phenoxy) is 1. The minimum Gasteiger partial charge on any atom is -0.377 e. The van der Waals surface area contributed by atoms with Crippen LogP contribution in [0.3, 0.4) is 0 Å². The standard InChI is InChI=1S/C14H14ClNO3S2/c1-19-12-8-9-16(11-5-3-2-4-10(11)12)21(17,18)14-7-6-13(15)20-14/h2-7,12H,8-9H2,1H3. The largest absolute Gasteiger partial charge is 0.377 e. The Kier molecular flexibility index (Phi) is 3.96. The minimum atomic E-state index is -3.57. The number of anilines is 1. The molecule has 0 saturated heterocycles. The maximum Gasteiger partial charge on any atom is 0.273 e. The second kappa shape index (κ2) is 5.61. The van der Waals surface area contributed by atoms with Gasteiger partial charge in [0.15, 0.2) is 0 Å². The summed E-state index contributed by atoms with van der Waals surface area (Å²) in [4.78, 5) is 0. The molecule has 0 spiro atoms. The molecule has 1 aliphatic rings. The number of nitrogens with zero attached hydrogens (tertiary/aromatic N) is 1. The van der Waals surface area contributed by atoms with Gasteiger partial charge in [0.05, 0.1) is 16.1 Å². The molecule has 112 valence electrons. The van der Waals surface area contributed by atoms with Crippen LogP contribution < -0.4 is 4.31 Å². The molecule has 0 bridgehead atoms. The summed E-state index contributed by atoms with van der Waals surface area (Å²) in [5.41, 5.74) is 1.58. The van der Waals surface area contributed by atoms with Crippen LogP contribution in [0.5, 0.6) is 0 Å². The van der Waals surface area contributed by atoms with Crippen LogP contribution in [-0.4, -0.2) is 22.1 Å². The van der Waals surface area contributed by atoms with Crippen LogP contribution in [0.25, 0.3) is 0 Å². The number of para-hydroxylation sites is 1.